The highest BCUT2D eigenvalue weighted by Crippen LogP contribution is 2.38. The standard InChI is InChI=1S/C19H25F2N3O/c1-19(24-5-4-12-8-23-9-13(12)10-24)7-17(22)18(25-11-19)15-6-14(20)2-3-16(15)21/h2-3,6,17-18,23H,4-5,7-11,22H2,1H3/t17-,18+,19+/m0/s1. The lowest BCUT2D eigenvalue weighted by molar-refractivity contribution is -0.0932. The summed E-state index contributed by atoms with van der Waals surface area (Å²) in [5, 5.41) is 3.42. The molecule has 3 aliphatic rings. The summed E-state index contributed by atoms with van der Waals surface area (Å²) in [6, 6.07) is 3.09. The molecule has 3 aliphatic heterocycles. The molecule has 0 amide bonds. The van der Waals surface area contributed by atoms with Gasteiger partial charge in [0.05, 0.1) is 6.61 Å². The molecular formula is C19H25F2N3O. The molecule has 3 atom stereocenters. The maximum atomic E-state index is 14.1. The van der Waals surface area contributed by atoms with Crippen molar-refractivity contribution in [3.05, 3.63) is 46.5 Å². The smallest absolute Gasteiger partial charge is 0.129 e. The molecule has 0 unspecified atom stereocenters. The highest BCUT2D eigenvalue weighted by Gasteiger charge is 2.43. The number of nitrogens with one attached hydrogen (secondary N) is 1. The minimum Gasteiger partial charge on any atom is -0.370 e. The van der Waals surface area contributed by atoms with Gasteiger partial charge in [-0.2, -0.15) is 0 Å². The molecule has 3 N–H and O–H groups in total. The summed E-state index contributed by atoms with van der Waals surface area (Å²) < 4.78 is 33.6. The van der Waals surface area contributed by atoms with E-state index in [1.165, 1.54) is 11.6 Å². The number of halogens is 2. The molecule has 3 heterocycles. The monoisotopic (exact) mass is 349 g/mol. The van der Waals surface area contributed by atoms with E-state index in [0.717, 1.165) is 44.7 Å². The molecule has 0 aliphatic carbocycles. The second kappa shape index (κ2) is 6.43. The molecule has 4 nitrogen and oxygen atoms in total. The summed E-state index contributed by atoms with van der Waals surface area (Å²) >= 11 is 0. The quantitative estimate of drug-likeness (QED) is 0.803. The minimum absolute atomic E-state index is 0.180. The summed E-state index contributed by atoms with van der Waals surface area (Å²) in [5.41, 5.74) is 9.42. The molecule has 4 rings (SSSR count). The van der Waals surface area contributed by atoms with Crippen molar-refractivity contribution in [3.8, 4) is 0 Å². The third-order valence-corrected chi connectivity index (χ3v) is 5.91. The van der Waals surface area contributed by atoms with Crippen LogP contribution in [-0.4, -0.2) is 49.3 Å². The number of hydrogen-bond acceptors (Lipinski definition) is 4. The van der Waals surface area contributed by atoms with Crippen LogP contribution in [0.4, 0.5) is 8.78 Å². The van der Waals surface area contributed by atoms with Crippen molar-refractivity contribution in [2.75, 3.05) is 32.8 Å². The Morgan fingerprint density at radius 1 is 1.28 bits per heavy atom. The van der Waals surface area contributed by atoms with Gasteiger partial charge in [0.25, 0.3) is 0 Å². The second-order valence-corrected chi connectivity index (χ2v) is 7.74. The molecule has 0 saturated carbocycles. The van der Waals surface area contributed by atoms with E-state index in [0.29, 0.717) is 13.0 Å². The van der Waals surface area contributed by atoms with E-state index in [2.05, 4.69) is 17.1 Å². The first kappa shape index (κ1) is 17.1. The lowest BCUT2D eigenvalue weighted by Crippen LogP contribution is -2.59. The molecule has 1 aromatic rings. The largest absolute Gasteiger partial charge is 0.370 e. The van der Waals surface area contributed by atoms with E-state index in [4.69, 9.17) is 10.5 Å². The van der Waals surface area contributed by atoms with Crippen molar-refractivity contribution in [2.24, 2.45) is 5.73 Å². The van der Waals surface area contributed by atoms with Gasteiger partial charge in [-0.1, -0.05) is 5.57 Å². The van der Waals surface area contributed by atoms with Crippen molar-refractivity contribution < 1.29 is 13.5 Å². The van der Waals surface area contributed by atoms with Crippen molar-refractivity contribution in [2.45, 2.75) is 37.5 Å². The van der Waals surface area contributed by atoms with Crippen molar-refractivity contribution in [3.63, 3.8) is 0 Å². The Morgan fingerprint density at radius 3 is 2.88 bits per heavy atom. The van der Waals surface area contributed by atoms with Gasteiger partial charge in [-0.15, -0.1) is 0 Å². The summed E-state index contributed by atoms with van der Waals surface area (Å²) in [6.45, 7) is 6.54. The zero-order chi connectivity index (χ0) is 17.6. The van der Waals surface area contributed by atoms with Gasteiger partial charge in [0, 0.05) is 43.3 Å². The average molecular weight is 349 g/mol. The third kappa shape index (κ3) is 3.12. The number of nitrogens with two attached hydrogens (primary N) is 1. The van der Waals surface area contributed by atoms with Gasteiger partial charge in [-0.05, 0) is 43.5 Å². The lowest BCUT2D eigenvalue weighted by atomic mass is 9.83. The van der Waals surface area contributed by atoms with Gasteiger partial charge >= 0.3 is 0 Å². The summed E-state index contributed by atoms with van der Waals surface area (Å²) in [5.74, 6) is -0.931. The molecule has 6 heteroatoms. The van der Waals surface area contributed by atoms with Crippen LogP contribution in [-0.2, 0) is 4.74 Å². The van der Waals surface area contributed by atoms with Crippen LogP contribution in [0.2, 0.25) is 0 Å². The van der Waals surface area contributed by atoms with Crippen LogP contribution < -0.4 is 11.1 Å². The number of rotatable bonds is 2. The first-order valence-corrected chi connectivity index (χ1v) is 8.94. The van der Waals surface area contributed by atoms with Gasteiger partial charge in [0.1, 0.15) is 17.7 Å². The van der Waals surface area contributed by atoms with Gasteiger partial charge in [0.2, 0.25) is 0 Å². The first-order chi connectivity index (χ1) is 12.0. The highest BCUT2D eigenvalue weighted by molar-refractivity contribution is 5.28. The molecule has 1 aromatic carbocycles. The predicted molar refractivity (Wildman–Crippen MR) is 92.1 cm³/mol. The number of benzene rings is 1. The SMILES string of the molecule is C[C@]1(N2CCC3=C(CNC3)C2)CO[C@H](c2cc(F)ccc2F)[C@@H](N)C1. The van der Waals surface area contributed by atoms with Crippen LogP contribution in [0.3, 0.4) is 0 Å². The number of hydrogen-bond donors (Lipinski definition) is 2. The Bertz CT molecular complexity index is 708. The Hall–Kier alpha value is -1.34. The fraction of sp³-hybridized carbons (Fsp3) is 0.579. The number of nitrogens with zero attached hydrogens (tertiary/aromatic N) is 1. The molecule has 1 fully saturated rings. The second-order valence-electron chi connectivity index (χ2n) is 7.74. The maximum absolute atomic E-state index is 14.1. The lowest BCUT2D eigenvalue weighted by Gasteiger charge is -2.49. The van der Waals surface area contributed by atoms with Crippen LogP contribution in [0.1, 0.15) is 31.4 Å². The van der Waals surface area contributed by atoms with Gasteiger partial charge in [-0.25, -0.2) is 8.78 Å². The van der Waals surface area contributed by atoms with E-state index in [-0.39, 0.29) is 17.1 Å². The fourth-order valence-corrected chi connectivity index (χ4v) is 4.43. The van der Waals surface area contributed by atoms with E-state index >= 15 is 0 Å². The molecule has 1 saturated heterocycles. The minimum atomic E-state index is -0.600. The Labute approximate surface area is 147 Å². The molecule has 0 spiro atoms. The zero-order valence-corrected chi connectivity index (χ0v) is 14.5. The fourth-order valence-electron chi connectivity index (χ4n) is 4.43. The van der Waals surface area contributed by atoms with E-state index in [1.54, 1.807) is 5.57 Å². The van der Waals surface area contributed by atoms with Gasteiger partial charge in [0.15, 0.2) is 0 Å². The third-order valence-electron chi connectivity index (χ3n) is 5.91. The highest BCUT2D eigenvalue weighted by atomic mass is 19.1. The van der Waals surface area contributed by atoms with E-state index < -0.39 is 17.7 Å². The summed E-state index contributed by atoms with van der Waals surface area (Å²) in [6.07, 6.45) is 1.18. The Kier molecular flexibility index (Phi) is 4.40. The normalized spacial score (nSPS) is 33.6. The summed E-state index contributed by atoms with van der Waals surface area (Å²) in [4.78, 5) is 2.44. The van der Waals surface area contributed by atoms with E-state index in [1.807, 2.05) is 0 Å². The molecular weight excluding hydrogens is 324 g/mol. The number of ether oxygens (including phenoxy) is 1. The molecule has 0 bridgehead atoms. The Morgan fingerprint density at radius 2 is 2.08 bits per heavy atom. The summed E-state index contributed by atoms with van der Waals surface area (Å²) in [7, 11) is 0. The topological polar surface area (TPSA) is 50.5 Å². The van der Waals surface area contributed by atoms with Crippen LogP contribution >= 0.6 is 0 Å². The van der Waals surface area contributed by atoms with Crippen LogP contribution in [0.25, 0.3) is 0 Å². The average Bonchev–Trinajstić information content (AvgIpc) is 3.05. The molecule has 0 aromatic heterocycles. The van der Waals surface area contributed by atoms with Crippen molar-refractivity contribution >= 4 is 0 Å². The van der Waals surface area contributed by atoms with Crippen molar-refractivity contribution in [1.29, 1.82) is 0 Å². The molecule has 136 valence electrons. The zero-order valence-electron chi connectivity index (χ0n) is 14.5. The molecule has 25 heavy (non-hydrogen) atoms. The van der Waals surface area contributed by atoms with Crippen molar-refractivity contribution in [1.82, 2.24) is 10.2 Å². The van der Waals surface area contributed by atoms with Crippen LogP contribution in [0.15, 0.2) is 29.3 Å². The molecule has 0 radical (unpaired) electrons. The first-order valence-electron chi connectivity index (χ1n) is 8.94. The van der Waals surface area contributed by atoms with Crippen LogP contribution in [0.5, 0.6) is 0 Å². The van der Waals surface area contributed by atoms with Crippen LogP contribution in [0, 0.1) is 11.6 Å². The maximum Gasteiger partial charge on any atom is 0.129 e. The van der Waals surface area contributed by atoms with E-state index in [9.17, 15) is 8.78 Å². The van der Waals surface area contributed by atoms with Gasteiger partial charge in [-0.3, -0.25) is 4.90 Å². The Balaban J connectivity index is 1.50. The predicted octanol–water partition coefficient (Wildman–Crippen LogP) is 2.12. The van der Waals surface area contributed by atoms with Gasteiger partial charge < -0.3 is 15.8 Å².